The molecule has 4 rings (SSSR count). The van der Waals surface area contributed by atoms with Gasteiger partial charge in [0.2, 0.25) is 0 Å². The van der Waals surface area contributed by atoms with Crippen molar-refractivity contribution in [2.24, 2.45) is 0 Å². The van der Waals surface area contributed by atoms with E-state index in [1.165, 1.54) is 11.9 Å². The molecule has 0 atom stereocenters. The van der Waals surface area contributed by atoms with E-state index in [1.54, 1.807) is 0 Å². The molecule has 3 N–H and O–H groups in total. The Labute approximate surface area is 204 Å². The molecule has 1 saturated carbocycles. The van der Waals surface area contributed by atoms with Crippen LogP contribution in [0.3, 0.4) is 0 Å². The molecule has 0 saturated heterocycles. The summed E-state index contributed by atoms with van der Waals surface area (Å²) >= 11 is 3.82. The molecule has 1 aromatic carbocycles. The van der Waals surface area contributed by atoms with Gasteiger partial charge < -0.3 is 20.5 Å². The molecule has 33 heavy (non-hydrogen) atoms. The number of halogens is 1. The van der Waals surface area contributed by atoms with Crippen molar-refractivity contribution in [3.8, 4) is 17.0 Å². The van der Waals surface area contributed by atoms with Crippen LogP contribution in [0.4, 0.5) is 10.6 Å². The van der Waals surface area contributed by atoms with E-state index in [0.717, 1.165) is 59.1 Å². The van der Waals surface area contributed by atoms with Crippen LogP contribution in [-0.4, -0.2) is 33.8 Å². The van der Waals surface area contributed by atoms with Gasteiger partial charge >= 0.3 is 6.09 Å². The van der Waals surface area contributed by atoms with E-state index >= 15 is 0 Å². The van der Waals surface area contributed by atoms with Crippen LogP contribution in [0, 0.1) is 0 Å². The van der Waals surface area contributed by atoms with Crippen LogP contribution >= 0.6 is 15.9 Å². The highest BCUT2D eigenvalue weighted by Crippen LogP contribution is 2.48. The average Bonchev–Trinajstić information content (AvgIpc) is 2.70. The zero-order valence-electron chi connectivity index (χ0n) is 20.0. The number of hydrogen-bond donors (Lipinski definition) is 2. The standard InChI is InChI=1S/C25H33BrN4O3/c1-24(2,3)33-23(31)30-14-6-8-15(9-7-14)32-18-11-10-16-17(20(18)26)12-25(4,5)19-21(16)28-13-29-22(19)27/h10-11,13-15H,6-9,12H2,1-5H3,(H,30,31)(H2,27,28,29)/t14-,15-. The number of ether oxygens (including phenoxy) is 2. The fraction of sp³-hybridized carbons (Fsp3) is 0.560. The van der Waals surface area contributed by atoms with E-state index in [0.29, 0.717) is 5.82 Å². The van der Waals surface area contributed by atoms with Crippen LogP contribution in [0.1, 0.15) is 71.4 Å². The number of hydrogen-bond acceptors (Lipinski definition) is 6. The van der Waals surface area contributed by atoms with E-state index in [-0.39, 0.29) is 23.7 Å². The predicted molar refractivity (Wildman–Crippen MR) is 132 cm³/mol. The second-order valence-electron chi connectivity index (χ2n) is 10.7. The van der Waals surface area contributed by atoms with Crippen LogP contribution in [0.2, 0.25) is 0 Å². The number of nitrogens with zero attached hydrogens (tertiary/aromatic N) is 2. The summed E-state index contributed by atoms with van der Waals surface area (Å²) in [5, 5.41) is 2.99. The van der Waals surface area contributed by atoms with Gasteiger partial charge in [-0.25, -0.2) is 14.8 Å². The van der Waals surface area contributed by atoms with Crippen LogP contribution in [0.15, 0.2) is 22.9 Å². The first-order valence-electron chi connectivity index (χ1n) is 11.5. The lowest BCUT2D eigenvalue weighted by atomic mass is 9.72. The minimum absolute atomic E-state index is 0.109. The Kier molecular flexibility index (Phi) is 6.33. The molecule has 0 radical (unpaired) electrons. The second kappa shape index (κ2) is 8.78. The molecule has 1 heterocycles. The predicted octanol–water partition coefficient (Wildman–Crippen LogP) is 5.54. The first-order valence-corrected chi connectivity index (χ1v) is 12.3. The summed E-state index contributed by atoms with van der Waals surface area (Å²) in [7, 11) is 0. The number of carbonyl (C=O) groups excluding carboxylic acids is 1. The summed E-state index contributed by atoms with van der Waals surface area (Å²) in [5.41, 5.74) is 9.71. The van der Waals surface area contributed by atoms with E-state index in [2.05, 4.69) is 51.1 Å². The van der Waals surface area contributed by atoms with Crippen molar-refractivity contribution in [1.82, 2.24) is 15.3 Å². The van der Waals surface area contributed by atoms with Crippen molar-refractivity contribution >= 4 is 27.8 Å². The number of nitrogen functional groups attached to an aromatic ring is 1. The molecule has 178 valence electrons. The van der Waals surface area contributed by atoms with E-state index in [1.807, 2.05) is 26.8 Å². The molecule has 0 unspecified atom stereocenters. The lowest BCUT2D eigenvalue weighted by molar-refractivity contribution is 0.0470. The number of rotatable bonds is 3. The summed E-state index contributed by atoms with van der Waals surface area (Å²) in [6.07, 6.45) is 5.59. The van der Waals surface area contributed by atoms with Crippen molar-refractivity contribution < 1.29 is 14.3 Å². The zero-order valence-corrected chi connectivity index (χ0v) is 21.6. The van der Waals surface area contributed by atoms with Crippen LogP contribution in [0.25, 0.3) is 11.3 Å². The number of alkyl carbamates (subject to hydrolysis) is 1. The monoisotopic (exact) mass is 516 g/mol. The Hall–Kier alpha value is -2.35. The van der Waals surface area contributed by atoms with Gasteiger partial charge in [-0.05, 0) is 91.9 Å². The number of anilines is 1. The van der Waals surface area contributed by atoms with E-state index in [4.69, 9.17) is 15.2 Å². The number of nitrogens with one attached hydrogen (secondary N) is 1. The smallest absolute Gasteiger partial charge is 0.407 e. The first-order chi connectivity index (χ1) is 15.4. The highest BCUT2D eigenvalue weighted by atomic mass is 79.9. The van der Waals surface area contributed by atoms with Crippen molar-refractivity contribution in [2.45, 2.75) is 89.9 Å². The number of carbonyl (C=O) groups is 1. The van der Waals surface area contributed by atoms with E-state index in [9.17, 15) is 4.79 Å². The highest BCUT2D eigenvalue weighted by Gasteiger charge is 2.36. The fourth-order valence-corrected chi connectivity index (χ4v) is 5.44. The van der Waals surface area contributed by atoms with Crippen molar-refractivity contribution in [3.63, 3.8) is 0 Å². The molecule has 0 spiro atoms. The second-order valence-corrected chi connectivity index (χ2v) is 11.5. The number of aromatic nitrogens is 2. The Morgan fingerprint density at radius 3 is 2.55 bits per heavy atom. The van der Waals surface area contributed by atoms with Gasteiger partial charge in [0.05, 0.1) is 16.3 Å². The number of amides is 1. The maximum absolute atomic E-state index is 12.1. The Morgan fingerprint density at radius 2 is 1.88 bits per heavy atom. The minimum Gasteiger partial charge on any atom is -0.489 e. The third kappa shape index (κ3) is 5.10. The van der Waals surface area contributed by atoms with Crippen LogP contribution < -0.4 is 15.8 Å². The van der Waals surface area contributed by atoms with Crippen molar-refractivity contribution in [2.75, 3.05) is 5.73 Å². The molecule has 2 aromatic rings. The van der Waals surface area contributed by atoms with Gasteiger partial charge in [0.15, 0.2) is 0 Å². The summed E-state index contributed by atoms with van der Waals surface area (Å²) < 4.78 is 12.8. The average molecular weight is 517 g/mol. The fourth-order valence-electron chi connectivity index (χ4n) is 4.87. The van der Waals surface area contributed by atoms with Crippen LogP contribution in [0.5, 0.6) is 5.75 Å². The Balaban J connectivity index is 1.45. The normalized spacial score (nSPS) is 21.5. The maximum Gasteiger partial charge on any atom is 0.407 e. The van der Waals surface area contributed by atoms with Gasteiger partial charge in [0.1, 0.15) is 23.5 Å². The molecular weight excluding hydrogens is 484 g/mol. The largest absolute Gasteiger partial charge is 0.489 e. The van der Waals surface area contributed by atoms with Crippen molar-refractivity contribution in [1.29, 1.82) is 0 Å². The number of nitrogens with two attached hydrogens (primary N) is 1. The summed E-state index contributed by atoms with van der Waals surface area (Å²) in [6.45, 7) is 9.96. The van der Waals surface area contributed by atoms with Crippen molar-refractivity contribution in [3.05, 3.63) is 34.1 Å². The lowest BCUT2D eigenvalue weighted by Gasteiger charge is -2.35. The topological polar surface area (TPSA) is 99.4 Å². The number of fused-ring (bicyclic) bond motifs is 3. The molecule has 1 fully saturated rings. The third-order valence-corrected chi connectivity index (χ3v) is 7.19. The van der Waals surface area contributed by atoms with Gasteiger partial charge in [0.25, 0.3) is 0 Å². The van der Waals surface area contributed by atoms with Gasteiger partial charge in [-0.3, -0.25) is 0 Å². The molecular formula is C25H33BrN4O3. The summed E-state index contributed by atoms with van der Waals surface area (Å²) in [4.78, 5) is 20.8. The van der Waals surface area contributed by atoms with Gasteiger partial charge in [0, 0.05) is 17.2 Å². The Bertz CT molecular complexity index is 1060. The lowest BCUT2D eigenvalue weighted by Crippen LogP contribution is -2.42. The molecule has 0 bridgehead atoms. The number of benzene rings is 1. The first kappa shape index (κ1) is 23.8. The molecule has 2 aliphatic rings. The van der Waals surface area contributed by atoms with E-state index < -0.39 is 5.60 Å². The van der Waals surface area contributed by atoms with Gasteiger partial charge in [-0.2, -0.15) is 0 Å². The van der Waals surface area contributed by atoms with Crippen LogP contribution in [-0.2, 0) is 16.6 Å². The molecule has 1 aromatic heterocycles. The van der Waals surface area contributed by atoms with Gasteiger partial charge in [-0.1, -0.05) is 13.8 Å². The SMILES string of the molecule is CC(C)(C)OC(=O)N[C@H]1CC[C@H](Oc2ccc3c(c2Br)CC(C)(C)c2c(N)ncnc2-3)CC1. The minimum atomic E-state index is -0.490. The molecule has 1 amide bonds. The molecule has 7 nitrogen and oxygen atoms in total. The molecule has 8 heteroatoms. The zero-order chi connectivity index (χ0) is 24.0. The maximum atomic E-state index is 12.1. The quantitative estimate of drug-likeness (QED) is 0.555. The Morgan fingerprint density at radius 1 is 1.18 bits per heavy atom. The molecule has 0 aliphatic heterocycles. The highest BCUT2D eigenvalue weighted by molar-refractivity contribution is 9.10. The third-order valence-electron chi connectivity index (χ3n) is 6.32. The molecule has 2 aliphatic carbocycles. The van der Waals surface area contributed by atoms with Gasteiger partial charge in [-0.15, -0.1) is 0 Å². The summed E-state index contributed by atoms with van der Waals surface area (Å²) in [6, 6.07) is 4.20. The summed E-state index contributed by atoms with van der Waals surface area (Å²) in [5.74, 6) is 1.39.